The molecule has 1 aromatic heterocycles. The molecule has 0 aliphatic carbocycles. The topological polar surface area (TPSA) is 128 Å². The number of H-pyrrole nitrogens is 1. The van der Waals surface area contributed by atoms with Crippen LogP contribution in [0.5, 0.6) is 11.5 Å². The average Bonchev–Trinajstić information content (AvgIpc) is 3.13. The van der Waals surface area contributed by atoms with E-state index in [1.54, 1.807) is 27.3 Å². The van der Waals surface area contributed by atoms with Gasteiger partial charge in [-0.1, -0.05) is 54.6 Å². The molecule has 12 heteroatoms. The van der Waals surface area contributed by atoms with Crippen molar-refractivity contribution in [1.29, 1.82) is 5.26 Å². The van der Waals surface area contributed by atoms with E-state index in [9.17, 15) is 14.9 Å². The van der Waals surface area contributed by atoms with Crippen molar-refractivity contribution in [1.82, 2.24) is 14.2 Å². The van der Waals surface area contributed by atoms with Gasteiger partial charge in [-0.3, -0.25) is 14.3 Å². The number of rotatable bonds is 19. The summed E-state index contributed by atoms with van der Waals surface area (Å²) in [5.74, 6) is 1.02. The number of nitriles is 1. The van der Waals surface area contributed by atoms with Gasteiger partial charge in [0.1, 0.15) is 17.1 Å². The summed E-state index contributed by atoms with van der Waals surface area (Å²) in [6, 6.07) is 27.9. The minimum Gasteiger partial charge on any atom is -0.497 e. The molecule has 3 aromatic carbocycles. The number of aromatic amines is 1. The monoisotopic (exact) mass is 716 g/mol. The summed E-state index contributed by atoms with van der Waals surface area (Å²) in [6.07, 6.45) is 1.79. The number of methoxy groups -OCH3 is 2. The number of benzene rings is 3. The first-order valence-corrected chi connectivity index (χ1v) is 18.2. The molecule has 0 spiro atoms. The molecule has 0 amide bonds. The van der Waals surface area contributed by atoms with Crippen molar-refractivity contribution in [3.8, 4) is 17.6 Å². The van der Waals surface area contributed by atoms with Crippen molar-refractivity contribution in [2.75, 3.05) is 34.0 Å². The van der Waals surface area contributed by atoms with Crippen LogP contribution in [0.15, 0.2) is 94.6 Å². The van der Waals surface area contributed by atoms with Crippen molar-refractivity contribution in [3.63, 3.8) is 0 Å². The van der Waals surface area contributed by atoms with Crippen LogP contribution in [0, 0.1) is 24.2 Å². The minimum absolute atomic E-state index is 0.105. The molecule has 2 unspecified atom stereocenters. The molecule has 0 aliphatic rings. The predicted octanol–water partition coefficient (Wildman–Crippen LogP) is 6.78. The van der Waals surface area contributed by atoms with Crippen LogP contribution in [0.2, 0.25) is 0 Å². The van der Waals surface area contributed by atoms with Crippen LogP contribution < -0.4 is 20.7 Å². The zero-order chi connectivity index (χ0) is 37.0. The van der Waals surface area contributed by atoms with E-state index in [0.29, 0.717) is 17.1 Å². The van der Waals surface area contributed by atoms with Gasteiger partial charge in [-0.05, 0) is 75.6 Å². The molecule has 1 heterocycles. The summed E-state index contributed by atoms with van der Waals surface area (Å²) in [7, 11) is 1.69. The Balaban J connectivity index is 1.82. The molecule has 0 aliphatic heterocycles. The van der Waals surface area contributed by atoms with Gasteiger partial charge in [0.25, 0.3) is 14.1 Å². The Morgan fingerprint density at radius 3 is 1.88 bits per heavy atom. The molecular weight excluding hydrogens is 667 g/mol. The minimum atomic E-state index is -1.57. The van der Waals surface area contributed by atoms with Gasteiger partial charge >= 0.3 is 5.69 Å². The Kier molecular flexibility index (Phi) is 14.6. The van der Waals surface area contributed by atoms with Crippen LogP contribution >= 0.6 is 8.53 Å². The van der Waals surface area contributed by atoms with Crippen LogP contribution in [0.1, 0.15) is 56.4 Å². The van der Waals surface area contributed by atoms with Crippen LogP contribution in [0.3, 0.4) is 0 Å². The smallest absolute Gasteiger partial charge is 0.328 e. The molecule has 11 nitrogen and oxygen atoms in total. The molecule has 0 bridgehead atoms. The summed E-state index contributed by atoms with van der Waals surface area (Å²) in [6.45, 7) is 10.7. The lowest BCUT2D eigenvalue weighted by atomic mass is 9.80. The van der Waals surface area contributed by atoms with E-state index in [0.717, 1.165) is 16.7 Å². The lowest BCUT2D eigenvalue weighted by molar-refractivity contribution is -0.0211. The van der Waals surface area contributed by atoms with E-state index in [2.05, 4.69) is 43.4 Å². The Hall–Kier alpha value is -4.30. The van der Waals surface area contributed by atoms with E-state index in [4.69, 9.17) is 23.3 Å². The lowest BCUT2D eigenvalue weighted by Crippen LogP contribution is -2.39. The summed E-state index contributed by atoms with van der Waals surface area (Å²) < 4.78 is 34.6. The van der Waals surface area contributed by atoms with E-state index in [-0.39, 0.29) is 44.9 Å². The first kappa shape index (κ1) is 39.5. The normalized spacial score (nSPS) is 13.0. The third-order valence-electron chi connectivity index (χ3n) is 8.44. The fourth-order valence-corrected chi connectivity index (χ4v) is 7.67. The molecule has 272 valence electrons. The van der Waals surface area contributed by atoms with E-state index >= 15 is 0 Å². The maximum atomic E-state index is 13.1. The van der Waals surface area contributed by atoms with Crippen LogP contribution in [-0.2, 0) is 25.9 Å². The third kappa shape index (κ3) is 9.94. The summed E-state index contributed by atoms with van der Waals surface area (Å²) >= 11 is 0. The fourth-order valence-electron chi connectivity index (χ4n) is 5.99. The fraction of sp³-hybridized carbons (Fsp3) is 0.410. The second-order valence-corrected chi connectivity index (χ2v) is 14.2. The molecule has 4 aromatic rings. The first-order valence-electron chi connectivity index (χ1n) is 17.0. The highest BCUT2D eigenvalue weighted by atomic mass is 31.2. The zero-order valence-corrected chi connectivity index (χ0v) is 31.4. The number of aryl methyl sites for hydroxylation is 1. The number of ether oxygens (including phenoxy) is 3. The highest BCUT2D eigenvalue weighted by molar-refractivity contribution is 7.44. The average molecular weight is 717 g/mol. The Morgan fingerprint density at radius 2 is 1.37 bits per heavy atom. The Bertz CT molecular complexity index is 1760. The third-order valence-corrected chi connectivity index (χ3v) is 10.5. The van der Waals surface area contributed by atoms with Crippen molar-refractivity contribution in [2.45, 2.75) is 65.3 Å². The molecule has 0 fully saturated rings. The number of nitrogens with zero attached hydrogens (tertiary/aromatic N) is 3. The van der Waals surface area contributed by atoms with Crippen molar-refractivity contribution in [2.24, 2.45) is 5.92 Å². The molecule has 1 N–H and O–H groups in total. The van der Waals surface area contributed by atoms with Gasteiger partial charge in [-0.2, -0.15) is 5.26 Å². The molecule has 51 heavy (non-hydrogen) atoms. The van der Waals surface area contributed by atoms with Gasteiger partial charge in [-0.15, -0.1) is 0 Å². The van der Waals surface area contributed by atoms with Crippen LogP contribution in [0.4, 0.5) is 0 Å². The maximum absolute atomic E-state index is 13.1. The second kappa shape index (κ2) is 18.8. The number of hydrogen-bond donors (Lipinski definition) is 1. The van der Waals surface area contributed by atoms with E-state index < -0.39 is 31.3 Å². The zero-order valence-electron chi connectivity index (χ0n) is 30.5. The molecule has 0 radical (unpaired) electrons. The van der Waals surface area contributed by atoms with Crippen molar-refractivity contribution in [3.05, 3.63) is 128 Å². The van der Waals surface area contributed by atoms with Gasteiger partial charge in [0.05, 0.1) is 46.5 Å². The second-order valence-electron chi connectivity index (χ2n) is 12.7. The van der Waals surface area contributed by atoms with Crippen LogP contribution in [0.25, 0.3) is 0 Å². The Morgan fingerprint density at radius 1 is 0.824 bits per heavy atom. The van der Waals surface area contributed by atoms with E-state index in [1.807, 2.05) is 78.9 Å². The number of nitrogens with one attached hydrogen (secondary N) is 1. The molecule has 4 rings (SSSR count). The molecular formula is C39H49N4O7P. The number of aromatic nitrogens is 2. The van der Waals surface area contributed by atoms with Gasteiger partial charge < -0.3 is 23.3 Å². The predicted molar refractivity (Wildman–Crippen MR) is 199 cm³/mol. The summed E-state index contributed by atoms with van der Waals surface area (Å²) in [5, 5.41) is 9.21. The maximum Gasteiger partial charge on any atom is 0.328 e. The largest absolute Gasteiger partial charge is 0.497 e. The SMILES string of the molecule is COc1ccc(C(OCC(COP(OCCC#N)N(C(C)C)C(C)C)Cn2cc(C)c(=O)[nH]c2=O)(c2ccccc2)c2ccc(OC)cc2)cc1. The first-order chi connectivity index (χ1) is 24.5. The lowest BCUT2D eigenvalue weighted by Gasteiger charge is -2.38. The van der Waals surface area contributed by atoms with Gasteiger partial charge in [-0.25, -0.2) is 9.46 Å². The van der Waals surface area contributed by atoms with Gasteiger partial charge in [0.2, 0.25) is 0 Å². The summed E-state index contributed by atoms with van der Waals surface area (Å²) in [5.41, 5.74) is 0.992. The van der Waals surface area contributed by atoms with Crippen molar-refractivity contribution < 1.29 is 23.3 Å². The standard InChI is InChI=1S/C39H49N4O7P/c1-28(2)43(29(3)4)51(49-23-11-22-40)50-27-31(25-42-24-30(5)37(44)41-38(42)45)26-48-39(32-12-9-8-10-13-32,33-14-18-35(46-6)19-15-33)34-16-20-36(47-7)21-17-34/h8-10,12-21,24,28-29,31H,11,23,25-27H2,1-7H3,(H,41,44,45). The van der Waals surface area contributed by atoms with E-state index in [1.165, 1.54) is 4.57 Å². The quantitative estimate of drug-likeness (QED) is 0.0635. The Labute approximate surface area is 301 Å². The molecule has 0 saturated heterocycles. The highest BCUT2D eigenvalue weighted by Crippen LogP contribution is 2.47. The highest BCUT2D eigenvalue weighted by Gasteiger charge is 2.39. The van der Waals surface area contributed by atoms with Gasteiger partial charge in [0, 0.05) is 36.3 Å². The van der Waals surface area contributed by atoms with Crippen LogP contribution in [-0.4, -0.2) is 60.3 Å². The van der Waals surface area contributed by atoms with Crippen molar-refractivity contribution >= 4 is 8.53 Å². The molecule has 0 saturated carbocycles. The summed E-state index contributed by atoms with van der Waals surface area (Å²) in [4.78, 5) is 27.7. The number of hydrogen-bond acceptors (Lipinski definition) is 9. The van der Waals surface area contributed by atoms with Gasteiger partial charge in [0.15, 0.2) is 0 Å². The molecule has 2 atom stereocenters.